The molecule has 110 valence electrons. The summed E-state index contributed by atoms with van der Waals surface area (Å²) in [7, 11) is 0. The van der Waals surface area contributed by atoms with Crippen LogP contribution in [0, 0.1) is 0 Å². The van der Waals surface area contributed by atoms with Crippen LogP contribution in [-0.2, 0) is 4.79 Å². The minimum absolute atomic E-state index is 0.148. The van der Waals surface area contributed by atoms with E-state index in [9.17, 15) is 4.79 Å². The Kier molecular flexibility index (Phi) is 5.73. The highest BCUT2D eigenvalue weighted by Crippen LogP contribution is 2.30. The molecule has 0 aliphatic rings. The van der Waals surface area contributed by atoms with Crippen LogP contribution in [0.15, 0.2) is 41.6 Å². The molecular formula is C14H13Cl2N3OS. The van der Waals surface area contributed by atoms with Gasteiger partial charge in [0.05, 0.1) is 27.6 Å². The van der Waals surface area contributed by atoms with Crippen LogP contribution >= 0.6 is 35.0 Å². The number of nitrogens with two attached hydrogens (primary N) is 1. The van der Waals surface area contributed by atoms with Crippen molar-refractivity contribution in [3.63, 3.8) is 0 Å². The number of hydrogen-bond donors (Lipinski definition) is 2. The molecule has 0 bridgehead atoms. The predicted octanol–water partition coefficient (Wildman–Crippen LogP) is 4.09. The molecule has 2 aromatic rings. The second-order valence-electron chi connectivity index (χ2n) is 4.16. The van der Waals surface area contributed by atoms with Gasteiger partial charge in [-0.1, -0.05) is 29.3 Å². The van der Waals surface area contributed by atoms with Crippen molar-refractivity contribution in [1.29, 1.82) is 0 Å². The van der Waals surface area contributed by atoms with Gasteiger partial charge in [-0.2, -0.15) is 0 Å². The van der Waals surface area contributed by atoms with Crippen molar-refractivity contribution < 1.29 is 4.79 Å². The van der Waals surface area contributed by atoms with Crippen LogP contribution in [0.1, 0.15) is 6.42 Å². The quantitative estimate of drug-likeness (QED) is 0.803. The van der Waals surface area contributed by atoms with Gasteiger partial charge in [-0.05, 0) is 18.2 Å². The van der Waals surface area contributed by atoms with Crippen LogP contribution in [0.5, 0.6) is 0 Å². The number of amides is 1. The number of carbonyl (C=O) groups excluding carboxylic acids is 1. The zero-order valence-corrected chi connectivity index (χ0v) is 13.3. The number of anilines is 2. The number of para-hydroxylation sites is 1. The highest BCUT2D eigenvalue weighted by atomic mass is 35.5. The van der Waals surface area contributed by atoms with Crippen molar-refractivity contribution in [2.45, 2.75) is 11.3 Å². The first-order valence-electron chi connectivity index (χ1n) is 6.14. The van der Waals surface area contributed by atoms with E-state index in [0.717, 1.165) is 4.90 Å². The maximum Gasteiger partial charge on any atom is 0.225 e. The van der Waals surface area contributed by atoms with Gasteiger partial charge in [-0.15, -0.1) is 11.8 Å². The Morgan fingerprint density at radius 1 is 1.29 bits per heavy atom. The Balaban J connectivity index is 1.87. The monoisotopic (exact) mass is 341 g/mol. The molecular weight excluding hydrogens is 329 g/mol. The molecule has 2 rings (SSSR count). The molecule has 4 nitrogen and oxygen atoms in total. The third-order valence-corrected chi connectivity index (χ3v) is 4.34. The fourth-order valence-electron chi connectivity index (χ4n) is 1.60. The number of hydrogen-bond acceptors (Lipinski definition) is 4. The van der Waals surface area contributed by atoms with Crippen LogP contribution < -0.4 is 11.1 Å². The first kappa shape index (κ1) is 15.9. The van der Waals surface area contributed by atoms with E-state index in [-0.39, 0.29) is 5.91 Å². The zero-order valence-electron chi connectivity index (χ0n) is 11.0. The SMILES string of the molecule is Nc1cnccc1SCCC(=O)Nc1c(Cl)cccc1Cl. The van der Waals surface area contributed by atoms with Crippen LogP contribution in [0.25, 0.3) is 0 Å². The number of carbonyl (C=O) groups is 1. The van der Waals surface area contributed by atoms with E-state index in [1.54, 1.807) is 30.6 Å². The number of halogens is 2. The van der Waals surface area contributed by atoms with Crippen molar-refractivity contribution >= 4 is 52.2 Å². The molecule has 0 fully saturated rings. The van der Waals surface area contributed by atoms with Gasteiger partial charge in [0.1, 0.15) is 0 Å². The third-order valence-electron chi connectivity index (χ3n) is 2.62. The Hall–Kier alpha value is -1.43. The van der Waals surface area contributed by atoms with E-state index in [1.807, 2.05) is 6.07 Å². The minimum Gasteiger partial charge on any atom is -0.397 e. The number of benzene rings is 1. The normalized spacial score (nSPS) is 10.4. The molecule has 0 atom stereocenters. The Morgan fingerprint density at radius 3 is 2.67 bits per heavy atom. The molecule has 0 unspecified atom stereocenters. The number of nitrogen functional groups attached to an aromatic ring is 1. The first-order chi connectivity index (χ1) is 10.1. The third kappa shape index (κ3) is 4.52. The average molecular weight is 342 g/mol. The molecule has 0 saturated heterocycles. The number of nitrogens with one attached hydrogen (secondary N) is 1. The largest absolute Gasteiger partial charge is 0.397 e. The summed E-state index contributed by atoms with van der Waals surface area (Å²) >= 11 is 13.5. The van der Waals surface area contributed by atoms with Crippen molar-refractivity contribution in [3.05, 3.63) is 46.7 Å². The molecule has 0 radical (unpaired) electrons. The highest BCUT2D eigenvalue weighted by Gasteiger charge is 2.10. The van der Waals surface area contributed by atoms with Crippen LogP contribution in [0.3, 0.4) is 0 Å². The lowest BCUT2D eigenvalue weighted by Gasteiger charge is -2.09. The number of rotatable bonds is 5. The average Bonchev–Trinajstić information content (AvgIpc) is 2.45. The number of nitrogens with zero attached hydrogens (tertiary/aromatic N) is 1. The summed E-state index contributed by atoms with van der Waals surface area (Å²) in [6.07, 6.45) is 3.59. The minimum atomic E-state index is -0.148. The lowest BCUT2D eigenvalue weighted by molar-refractivity contribution is -0.115. The van der Waals surface area contributed by atoms with Gasteiger partial charge < -0.3 is 11.1 Å². The number of aromatic nitrogens is 1. The van der Waals surface area contributed by atoms with Crippen molar-refractivity contribution in [2.24, 2.45) is 0 Å². The summed E-state index contributed by atoms with van der Waals surface area (Å²) in [5.74, 6) is 0.451. The zero-order chi connectivity index (χ0) is 15.2. The Labute approximate surface area is 137 Å². The van der Waals surface area contributed by atoms with Gasteiger partial charge >= 0.3 is 0 Å². The van der Waals surface area contributed by atoms with Crippen LogP contribution in [0.4, 0.5) is 11.4 Å². The second kappa shape index (κ2) is 7.54. The van der Waals surface area contributed by atoms with Crippen LogP contribution in [0.2, 0.25) is 10.0 Å². The second-order valence-corrected chi connectivity index (χ2v) is 6.11. The smallest absolute Gasteiger partial charge is 0.225 e. The van der Waals surface area contributed by atoms with E-state index in [1.165, 1.54) is 11.8 Å². The first-order valence-corrected chi connectivity index (χ1v) is 7.88. The van der Waals surface area contributed by atoms with E-state index in [4.69, 9.17) is 28.9 Å². The summed E-state index contributed by atoms with van der Waals surface area (Å²) in [5, 5.41) is 3.56. The van der Waals surface area contributed by atoms with Gasteiger partial charge in [0.2, 0.25) is 5.91 Å². The predicted molar refractivity (Wildman–Crippen MR) is 89.1 cm³/mol. The van der Waals surface area contributed by atoms with E-state index in [0.29, 0.717) is 33.6 Å². The van der Waals surface area contributed by atoms with Gasteiger partial charge in [0, 0.05) is 23.3 Å². The lowest BCUT2D eigenvalue weighted by atomic mass is 10.3. The molecule has 21 heavy (non-hydrogen) atoms. The maximum atomic E-state index is 11.9. The number of thioether (sulfide) groups is 1. The van der Waals surface area contributed by atoms with Crippen molar-refractivity contribution in [1.82, 2.24) is 4.98 Å². The standard InChI is InChI=1S/C14H13Cl2N3OS/c15-9-2-1-3-10(16)14(9)19-13(20)5-7-21-12-4-6-18-8-11(12)17/h1-4,6,8H,5,7,17H2,(H,19,20). The molecule has 3 N–H and O–H groups in total. The highest BCUT2D eigenvalue weighted by molar-refractivity contribution is 7.99. The summed E-state index contributed by atoms with van der Waals surface area (Å²) in [5.41, 5.74) is 6.83. The molecule has 0 saturated carbocycles. The molecule has 1 aromatic carbocycles. The summed E-state index contributed by atoms with van der Waals surface area (Å²) in [4.78, 5) is 16.7. The van der Waals surface area contributed by atoms with E-state index >= 15 is 0 Å². The fourth-order valence-corrected chi connectivity index (χ4v) is 2.97. The van der Waals surface area contributed by atoms with E-state index in [2.05, 4.69) is 10.3 Å². The summed E-state index contributed by atoms with van der Waals surface area (Å²) in [6.45, 7) is 0. The maximum absolute atomic E-state index is 11.9. The Morgan fingerprint density at radius 2 is 2.00 bits per heavy atom. The topological polar surface area (TPSA) is 68.0 Å². The molecule has 0 spiro atoms. The molecule has 1 aromatic heterocycles. The number of pyridine rings is 1. The molecule has 0 aliphatic carbocycles. The van der Waals surface area contributed by atoms with Gasteiger partial charge in [-0.25, -0.2) is 0 Å². The summed E-state index contributed by atoms with van der Waals surface area (Å²) < 4.78 is 0. The summed E-state index contributed by atoms with van der Waals surface area (Å²) in [6, 6.07) is 6.90. The Bertz CT molecular complexity index is 632. The van der Waals surface area contributed by atoms with E-state index < -0.39 is 0 Å². The van der Waals surface area contributed by atoms with Crippen molar-refractivity contribution in [2.75, 3.05) is 16.8 Å². The lowest BCUT2D eigenvalue weighted by Crippen LogP contribution is -2.13. The van der Waals surface area contributed by atoms with Gasteiger partial charge in [0.15, 0.2) is 0 Å². The fraction of sp³-hybridized carbons (Fsp3) is 0.143. The van der Waals surface area contributed by atoms with Crippen molar-refractivity contribution in [3.8, 4) is 0 Å². The van der Waals surface area contributed by atoms with Gasteiger partial charge in [-0.3, -0.25) is 9.78 Å². The molecule has 1 heterocycles. The molecule has 7 heteroatoms. The molecule has 0 aliphatic heterocycles. The van der Waals surface area contributed by atoms with Crippen LogP contribution in [-0.4, -0.2) is 16.6 Å². The van der Waals surface area contributed by atoms with Gasteiger partial charge in [0.25, 0.3) is 0 Å². The molecule has 1 amide bonds.